The second-order valence-electron chi connectivity index (χ2n) is 4.76. The summed E-state index contributed by atoms with van der Waals surface area (Å²) in [5.41, 5.74) is 2.30. The molecule has 0 saturated carbocycles. The third-order valence-electron chi connectivity index (χ3n) is 3.43. The molecule has 0 spiro atoms. The van der Waals surface area contributed by atoms with Gasteiger partial charge in [0, 0.05) is 21.0 Å². The first-order valence-electron chi connectivity index (χ1n) is 6.96. The smallest absolute Gasteiger partial charge is 0.0453 e. The molecule has 1 unspecified atom stereocenters. The topological polar surface area (TPSA) is 12.0 Å². The Morgan fingerprint density at radius 2 is 1.71 bits per heavy atom. The van der Waals surface area contributed by atoms with Gasteiger partial charge in [-0.25, -0.2) is 0 Å². The molecular formula is C17H19Cl2NS. The van der Waals surface area contributed by atoms with Crippen molar-refractivity contribution in [1.29, 1.82) is 0 Å². The molecule has 0 aliphatic heterocycles. The average molecular weight is 340 g/mol. The molecule has 1 nitrogen and oxygen atoms in total. The molecule has 0 radical (unpaired) electrons. The van der Waals surface area contributed by atoms with E-state index in [0.29, 0.717) is 0 Å². The van der Waals surface area contributed by atoms with Crippen molar-refractivity contribution in [3.8, 4) is 0 Å². The summed E-state index contributed by atoms with van der Waals surface area (Å²) in [4.78, 5) is 1.28. The largest absolute Gasteiger partial charge is 0.310 e. The second kappa shape index (κ2) is 8.09. The van der Waals surface area contributed by atoms with E-state index in [2.05, 4.69) is 42.8 Å². The molecule has 0 aliphatic rings. The molecule has 0 heterocycles. The van der Waals surface area contributed by atoms with Gasteiger partial charge in [-0.15, -0.1) is 11.8 Å². The SMILES string of the molecule is CCNC(Cc1c(Cl)cccc1Cl)c1ccccc1SC. The monoisotopic (exact) mass is 339 g/mol. The third-order valence-corrected chi connectivity index (χ3v) is 4.95. The number of likely N-dealkylation sites (N-methyl/N-ethyl adjacent to an activating group) is 1. The molecule has 21 heavy (non-hydrogen) atoms. The summed E-state index contributed by atoms with van der Waals surface area (Å²) < 4.78 is 0. The van der Waals surface area contributed by atoms with E-state index in [9.17, 15) is 0 Å². The van der Waals surface area contributed by atoms with Crippen LogP contribution in [0.1, 0.15) is 24.1 Å². The zero-order valence-corrected chi connectivity index (χ0v) is 14.5. The summed E-state index contributed by atoms with van der Waals surface area (Å²) in [5, 5.41) is 5.00. The van der Waals surface area contributed by atoms with Gasteiger partial charge in [-0.3, -0.25) is 0 Å². The van der Waals surface area contributed by atoms with Gasteiger partial charge in [-0.1, -0.05) is 54.4 Å². The first kappa shape index (κ1) is 16.7. The van der Waals surface area contributed by atoms with E-state index < -0.39 is 0 Å². The number of thioether (sulfide) groups is 1. The molecular weight excluding hydrogens is 321 g/mol. The number of halogens is 2. The van der Waals surface area contributed by atoms with Crippen LogP contribution in [-0.4, -0.2) is 12.8 Å². The van der Waals surface area contributed by atoms with Gasteiger partial charge >= 0.3 is 0 Å². The van der Waals surface area contributed by atoms with Crippen LogP contribution in [0.4, 0.5) is 0 Å². The quantitative estimate of drug-likeness (QED) is 0.686. The van der Waals surface area contributed by atoms with Gasteiger partial charge < -0.3 is 5.32 Å². The van der Waals surface area contributed by atoms with Gasteiger partial charge in [0.15, 0.2) is 0 Å². The van der Waals surface area contributed by atoms with Crippen molar-refractivity contribution in [2.45, 2.75) is 24.3 Å². The van der Waals surface area contributed by atoms with Gasteiger partial charge in [-0.2, -0.15) is 0 Å². The lowest BCUT2D eigenvalue weighted by molar-refractivity contribution is 0.542. The molecule has 112 valence electrons. The maximum absolute atomic E-state index is 6.32. The van der Waals surface area contributed by atoms with E-state index >= 15 is 0 Å². The molecule has 0 saturated heterocycles. The van der Waals surface area contributed by atoms with E-state index in [1.807, 2.05) is 18.2 Å². The summed E-state index contributed by atoms with van der Waals surface area (Å²) in [6, 6.07) is 14.3. The maximum atomic E-state index is 6.32. The number of benzene rings is 2. The molecule has 1 N–H and O–H groups in total. The average Bonchev–Trinajstić information content (AvgIpc) is 2.50. The Hall–Kier alpha value is -0.670. The lowest BCUT2D eigenvalue weighted by atomic mass is 9.98. The van der Waals surface area contributed by atoms with Gasteiger partial charge in [0.25, 0.3) is 0 Å². The Bertz CT molecular complexity index is 581. The highest BCUT2D eigenvalue weighted by molar-refractivity contribution is 7.98. The van der Waals surface area contributed by atoms with E-state index in [4.69, 9.17) is 23.2 Å². The lowest BCUT2D eigenvalue weighted by Gasteiger charge is -2.22. The van der Waals surface area contributed by atoms with E-state index in [-0.39, 0.29) is 6.04 Å². The van der Waals surface area contributed by atoms with Crippen molar-refractivity contribution in [2.24, 2.45) is 0 Å². The predicted molar refractivity (Wildman–Crippen MR) is 94.8 cm³/mol. The predicted octanol–water partition coefficient (Wildman–Crippen LogP) is 5.61. The maximum Gasteiger partial charge on any atom is 0.0453 e. The molecule has 0 aliphatic carbocycles. The minimum absolute atomic E-state index is 0.205. The van der Waals surface area contributed by atoms with Crippen molar-refractivity contribution in [3.63, 3.8) is 0 Å². The fraction of sp³-hybridized carbons (Fsp3) is 0.294. The molecule has 0 aromatic heterocycles. The Morgan fingerprint density at radius 1 is 1.05 bits per heavy atom. The van der Waals surface area contributed by atoms with Crippen LogP contribution in [0.5, 0.6) is 0 Å². The minimum Gasteiger partial charge on any atom is -0.310 e. The molecule has 0 bridgehead atoms. The highest BCUT2D eigenvalue weighted by Crippen LogP contribution is 2.32. The highest BCUT2D eigenvalue weighted by atomic mass is 35.5. The van der Waals surface area contributed by atoms with Crippen LogP contribution < -0.4 is 5.32 Å². The van der Waals surface area contributed by atoms with Crippen LogP contribution in [0, 0.1) is 0 Å². The summed E-state index contributed by atoms with van der Waals surface area (Å²) in [6.45, 7) is 3.01. The van der Waals surface area contributed by atoms with Crippen LogP contribution in [0.25, 0.3) is 0 Å². The molecule has 2 aromatic carbocycles. The van der Waals surface area contributed by atoms with Gasteiger partial charge in [-0.05, 0) is 48.5 Å². The van der Waals surface area contributed by atoms with Gasteiger partial charge in [0.05, 0.1) is 0 Å². The summed E-state index contributed by atoms with van der Waals surface area (Å²) in [7, 11) is 0. The normalized spacial score (nSPS) is 12.4. The summed E-state index contributed by atoms with van der Waals surface area (Å²) >= 11 is 14.4. The lowest BCUT2D eigenvalue weighted by Crippen LogP contribution is -2.23. The van der Waals surface area contributed by atoms with Crippen molar-refractivity contribution in [2.75, 3.05) is 12.8 Å². The highest BCUT2D eigenvalue weighted by Gasteiger charge is 2.17. The van der Waals surface area contributed by atoms with Crippen molar-refractivity contribution < 1.29 is 0 Å². The molecule has 0 fully saturated rings. The number of nitrogens with one attached hydrogen (secondary N) is 1. The van der Waals surface area contributed by atoms with E-state index in [1.54, 1.807) is 11.8 Å². The fourth-order valence-corrected chi connectivity index (χ4v) is 3.64. The van der Waals surface area contributed by atoms with Crippen molar-refractivity contribution in [3.05, 3.63) is 63.6 Å². The van der Waals surface area contributed by atoms with Crippen LogP contribution in [0.3, 0.4) is 0 Å². The number of hydrogen-bond acceptors (Lipinski definition) is 2. The zero-order valence-electron chi connectivity index (χ0n) is 12.2. The second-order valence-corrected chi connectivity index (χ2v) is 6.42. The number of hydrogen-bond donors (Lipinski definition) is 1. The Balaban J connectivity index is 2.35. The van der Waals surface area contributed by atoms with Crippen LogP contribution in [0.15, 0.2) is 47.4 Å². The Labute approximate surface area is 141 Å². The standard InChI is InChI=1S/C17H19Cl2NS/c1-3-20-16(12-7-4-5-10-17(12)21-2)11-13-14(18)8-6-9-15(13)19/h4-10,16,20H,3,11H2,1-2H3. The van der Waals surface area contributed by atoms with Gasteiger partial charge in [0.2, 0.25) is 0 Å². The van der Waals surface area contributed by atoms with Crippen LogP contribution >= 0.6 is 35.0 Å². The molecule has 4 heteroatoms. The Kier molecular flexibility index (Phi) is 6.43. The van der Waals surface area contributed by atoms with Gasteiger partial charge in [0.1, 0.15) is 0 Å². The van der Waals surface area contributed by atoms with E-state index in [1.165, 1.54) is 10.5 Å². The molecule has 2 aromatic rings. The molecule has 2 rings (SSSR count). The van der Waals surface area contributed by atoms with Crippen LogP contribution in [0.2, 0.25) is 10.0 Å². The van der Waals surface area contributed by atoms with Crippen molar-refractivity contribution in [1.82, 2.24) is 5.32 Å². The molecule has 0 amide bonds. The Morgan fingerprint density at radius 3 is 2.33 bits per heavy atom. The van der Waals surface area contributed by atoms with E-state index in [0.717, 1.165) is 28.6 Å². The third kappa shape index (κ3) is 4.17. The summed E-state index contributed by atoms with van der Waals surface area (Å²) in [5.74, 6) is 0. The summed E-state index contributed by atoms with van der Waals surface area (Å²) in [6.07, 6.45) is 2.88. The molecule has 1 atom stereocenters. The fourth-order valence-electron chi connectivity index (χ4n) is 2.42. The van der Waals surface area contributed by atoms with Crippen molar-refractivity contribution >= 4 is 35.0 Å². The van der Waals surface area contributed by atoms with Crippen LogP contribution in [-0.2, 0) is 6.42 Å². The first-order chi connectivity index (χ1) is 10.2. The minimum atomic E-state index is 0.205. The number of rotatable bonds is 6. The zero-order chi connectivity index (χ0) is 15.2. The first-order valence-corrected chi connectivity index (χ1v) is 8.94.